The van der Waals surface area contributed by atoms with Crippen molar-refractivity contribution in [1.82, 2.24) is 19.8 Å². The SMILES string of the molecule is COc1ncc(-c2ccc(Cl)cc2)cc1[C@](OC(=O)/C=C\C(=O)O[C@](c1ccccc1)(c1cc(-c2ccc(Cl)cc2)cnc1OC)[C@](O)(CCN(C)C)C(O)c1cccc2ccccc12)(c1ccccc1)[C@](O)(CCN(C)C)C(O)c1cccc2ccccc12. The minimum absolute atomic E-state index is 0.0326. The number of fused-ring (bicyclic) bond motifs is 2. The minimum atomic E-state index is -2.54. The van der Waals surface area contributed by atoms with Crippen LogP contribution in [0.15, 0.2) is 231 Å². The number of aliphatic hydroxyl groups is 4. The van der Waals surface area contributed by atoms with Gasteiger partial charge in [-0.15, -0.1) is 0 Å². The van der Waals surface area contributed by atoms with Crippen LogP contribution in [0, 0.1) is 0 Å². The van der Waals surface area contributed by atoms with Gasteiger partial charge in [-0.05, 0) is 121 Å². The lowest BCUT2D eigenvalue weighted by Crippen LogP contribution is -2.60. The normalized spacial score (nSPS) is 15.1. The average Bonchev–Trinajstić information content (AvgIpc) is 0.718. The van der Waals surface area contributed by atoms with E-state index in [1.807, 2.05) is 98.7 Å². The first-order chi connectivity index (χ1) is 43.4. The molecule has 460 valence electrons. The zero-order chi connectivity index (χ0) is 63.8. The van der Waals surface area contributed by atoms with E-state index in [2.05, 4.69) is 0 Å². The van der Waals surface area contributed by atoms with Crippen molar-refractivity contribution < 1.29 is 49.0 Å². The molecule has 0 saturated carbocycles. The number of esters is 2. The van der Waals surface area contributed by atoms with E-state index in [9.17, 15) is 20.4 Å². The molecule has 8 aromatic carbocycles. The number of hydrogen-bond acceptors (Lipinski definition) is 14. The zero-order valence-electron chi connectivity index (χ0n) is 50.7. The van der Waals surface area contributed by atoms with Gasteiger partial charge in [-0.3, -0.25) is 0 Å². The molecule has 10 aromatic rings. The molecular formula is C74H70Cl2N4O10. The second-order valence-electron chi connectivity index (χ2n) is 22.7. The van der Waals surface area contributed by atoms with Crippen LogP contribution in [-0.4, -0.2) is 119 Å². The van der Waals surface area contributed by atoms with Crippen LogP contribution >= 0.6 is 23.2 Å². The largest absolute Gasteiger partial charge is 0.481 e. The first-order valence-electron chi connectivity index (χ1n) is 29.3. The monoisotopic (exact) mass is 1240 g/mol. The average molecular weight is 1250 g/mol. The molecule has 16 heteroatoms. The van der Waals surface area contributed by atoms with E-state index in [-0.39, 0.29) is 59.9 Å². The summed E-state index contributed by atoms with van der Waals surface area (Å²) in [6.07, 6.45) is 0.699. The molecule has 2 heterocycles. The molecule has 10 rings (SSSR count). The first kappa shape index (κ1) is 64.2. The van der Waals surface area contributed by atoms with Crippen LogP contribution in [0.25, 0.3) is 43.8 Å². The van der Waals surface area contributed by atoms with Gasteiger partial charge in [0.25, 0.3) is 0 Å². The molecule has 0 aliphatic rings. The summed E-state index contributed by atoms with van der Waals surface area (Å²) in [5, 5.41) is 59.5. The molecule has 0 bridgehead atoms. The van der Waals surface area contributed by atoms with E-state index in [4.69, 9.17) is 52.1 Å². The fraction of sp³-hybridized carbons (Fsp3) is 0.216. The third kappa shape index (κ3) is 12.6. The lowest BCUT2D eigenvalue weighted by molar-refractivity contribution is -0.218. The third-order valence-electron chi connectivity index (χ3n) is 16.7. The predicted molar refractivity (Wildman–Crippen MR) is 352 cm³/mol. The molecule has 4 N–H and O–H groups in total. The lowest BCUT2D eigenvalue weighted by Gasteiger charge is -2.50. The van der Waals surface area contributed by atoms with E-state index in [0.717, 1.165) is 22.9 Å². The van der Waals surface area contributed by atoms with E-state index in [1.54, 1.807) is 158 Å². The number of carbonyl (C=O) groups is 2. The first-order valence-corrected chi connectivity index (χ1v) is 30.0. The fourth-order valence-corrected chi connectivity index (χ4v) is 12.4. The number of halogens is 2. The number of aromatic nitrogens is 2. The number of ether oxygens (including phenoxy) is 4. The number of rotatable bonds is 24. The van der Waals surface area contributed by atoms with Crippen LogP contribution in [0.2, 0.25) is 10.0 Å². The highest BCUT2D eigenvalue weighted by molar-refractivity contribution is 6.31. The summed E-state index contributed by atoms with van der Waals surface area (Å²) < 4.78 is 26.2. The highest BCUT2D eigenvalue weighted by Gasteiger charge is 2.63. The van der Waals surface area contributed by atoms with E-state index in [0.29, 0.717) is 54.2 Å². The van der Waals surface area contributed by atoms with Gasteiger partial charge in [0.15, 0.2) is 11.2 Å². The maximum absolute atomic E-state index is 15.8. The predicted octanol–water partition coefficient (Wildman–Crippen LogP) is 13.1. The van der Waals surface area contributed by atoms with Crippen molar-refractivity contribution in [2.24, 2.45) is 0 Å². The quantitative estimate of drug-likeness (QED) is 0.0331. The van der Waals surface area contributed by atoms with Gasteiger partial charge in [0, 0.05) is 69.9 Å². The summed E-state index contributed by atoms with van der Waals surface area (Å²) >= 11 is 12.8. The molecule has 0 amide bonds. The fourth-order valence-electron chi connectivity index (χ4n) is 12.2. The summed E-state index contributed by atoms with van der Waals surface area (Å²) in [6, 6.07) is 60.1. The van der Waals surface area contributed by atoms with Crippen molar-refractivity contribution in [2.75, 3.05) is 55.5 Å². The number of aliphatic hydroxyl groups excluding tert-OH is 2. The highest BCUT2D eigenvalue weighted by Crippen LogP contribution is 2.56. The van der Waals surface area contributed by atoms with Gasteiger partial charge in [0.2, 0.25) is 11.8 Å². The molecule has 0 radical (unpaired) electrons. The number of pyridine rings is 2. The van der Waals surface area contributed by atoms with Gasteiger partial charge < -0.3 is 49.2 Å². The Labute approximate surface area is 533 Å². The Bertz CT molecular complexity index is 3900. The van der Waals surface area contributed by atoms with Crippen LogP contribution in [0.5, 0.6) is 11.8 Å². The van der Waals surface area contributed by atoms with Gasteiger partial charge in [-0.1, -0.05) is 193 Å². The number of hydrogen-bond donors (Lipinski definition) is 4. The van der Waals surface area contributed by atoms with Crippen LogP contribution in [0.3, 0.4) is 0 Å². The summed E-state index contributed by atoms with van der Waals surface area (Å²) in [6.45, 7) is 0.277. The van der Waals surface area contributed by atoms with Gasteiger partial charge in [-0.25, -0.2) is 19.6 Å². The Hall–Kier alpha value is -8.80. The van der Waals surface area contributed by atoms with Gasteiger partial charge in [-0.2, -0.15) is 0 Å². The second kappa shape index (κ2) is 27.5. The molecule has 0 aliphatic heterocycles. The third-order valence-corrected chi connectivity index (χ3v) is 17.2. The van der Waals surface area contributed by atoms with Crippen molar-refractivity contribution in [1.29, 1.82) is 0 Å². The Kier molecular flexibility index (Phi) is 19.6. The summed E-state index contributed by atoms with van der Waals surface area (Å²) in [4.78, 5) is 44.8. The second-order valence-corrected chi connectivity index (χ2v) is 23.6. The smallest absolute Gasteiger partial charge is 0.332 e. The van der Waals surface area contributed by atoms with Crippen molar-refractivity contribution in [3.63, 3.8) is 0 Å². The summed E-state index contributed by atoms with van der Waals surface area (Å²) in [5.41, 5.74) is -6.62. The zero-order valence-corrected chi connectivity index (χ0v) is 52.2. The van der Waals surface area contributed by atoms with Crippen LogP contribution in [-0.2, 0) is 30.3 Å². The van der Waals surface area contributed by atoms with Crippen molar-refractivity contribution in [3.05, 3.63) is 274 Å². The Balaban J connectivity index is 1.21. The van der Waals surface area contributed by atoms with Gasteiger partial charge >= 0.3 is 11.9 Å². The minimum Gasteiger partial charge on any atom is -0.481 e. The van der Waals surface area contributed by atoms with Crippen molar-refractivity contribution in [3.8, 4) is 34.0 Å². The molecule has 0 aliphatic carbocycles. The molecular weight excluding hydrogens is 1180 g/mol. The number of nitrogens with zero attached hydrogens (tertiary/aromatic N) is 4. The van der Waals surface area contributed by atoms with Gasteiger partial charge in [0.1, 0.15) is 23.4 Å². The van der Waals surface area contributed by atoms with Crippen LogP contribution < -0.4 is 9.47 Å². The number of benzene rings is 8. The van der Waals surface area contributed by atoms with Crippen molar-refractivity contribution in [2.45, 2.75) is 47.5 Å². The van der Waals surface area contributed by atoms with Crippen molar-refractivity contribution >= 4 is 56.7 Å². The van der Waals surface area contributed by atoms with Crippen LogP contribution in [0.4, 0.5) is 0 Å². The van der Waals surface area contributed by atoms with E-state index < -0.39 is 46.6 Å². The summed E-state index contributed by atoms with van der Waals surface area (Å²) in [5.74, 6) is -2.54. The molecule has 0 saturated heterocycles. The maximum Gasteiger partial charge on any atom is 0.332 e. The van der Waals surface area contributed by atoms with E-state index in [1.165, 1.54) is 14.2 Å². The van der Waals surface area contributed by atoms with Crippen LogP contribution in [0.1, 0.15) is 58.4 Å². The number of carbonyl (C=O) groups excluding carboxylic acids is 2. The molecule has 6 atom stereocenters. The van der Waals surface area contributed by atoms with Gasteiger partial charge in [0.05, 0.1) is 25.3 Å². The number of methoxy groups -OCH3 is 2. The molecule has 90 heavy (non-hydrogen) atoms. The Morgan fingerprint density at radius 1 is 0.478 bits per heavy atom. The highest BCUT2D eigenvalue weighted by atomic mass is 35.5. The Morgan fingerprint density at radius 2 is 0.822 bits per heavy atom. The molecule has 14 nitrogen and oxygen atoms in total. The molecule has 2 aromatic heterocycles. The molecule has 2 unspecified atom stereocenters. The maximum atomic E-state index is 15.8. The standard InChI is InChI=1S/C74H70Cl2N4O10/c1-79(2)43-41-71(85,67(83)61-29-17-21-51-19-13-15-27-59(51)61)73(55-23-9-7-10-24-55,63-45-53(47-77-69(63)87-5)49-31-35-57(75)36-32-49)89-65(81)39-40-66(82)90-74(56-25-11-8-12-26-56,64-46-54(48-78-70(64)88-6)50-33-37-58(76)38-34-50)72(86,42-44-80(3)4)68(84)62-30-18-22-52-20-14-16-28-60(52)62/h7-40,45-48,67-68,83-86H,41-44H2,1-6H3/b40-39-/t67?,68?,71-,72-,73+,74+/m0/s1. The lowest BCUT2D eigenvalue weighted by atomic mass is 9.66. The molecule has 0 spiro atoms. The Morgan fingerprint density at radius 3 is 1.18 bits per heavy atom. The van der Waals surface area contributed by atoms with E-state index >= 15 is 9.59 Å². The molecule has 0 fully saturated rings. The topological polar surface area (TPSA) is 184 Å². The summed E-state index contributed by atoms with van der Waals surface area (Å²) in [7, 11) is 10.1.